The quantitative estimate of drug-likeness (QED) is 0.722. The summed E-state index contributed by atoms with van der Waals surface area (Å²) >= 11 is 1.56. The molecule has 5 rings (SSSR count). The van der Waals surface area contributed by atoms with E-state index in [2.05, 4.69) is 33.4 Å². The van der Waals surface area contributed by atoms with Crippen LogP contribution in [-0.4, -0.2) is 35.4 Å². The fourth-order valence-electron chi connectivity index (χ4n) is 4.25. The largest absolute Gasteiger partial charge is 0.431 e. The minimum atomic E-state index is -0.0918. The second-order valence-corrected chi connectivity index (χ2v) is 8.75. The maximum atomic E-state index is 12.1. The Balaban J connectivity index is 1.19. The average molecular weight is 394 g/mol. The molecule has 28 heavy (non-hydrogen) atoms. The van der Waals surface area contributed by atoms with Gasteiger partial charge in [0, 0.05) is 13.1 Å². The number of para-hydroxylation sites is 1. The molecule has 1 aromatic heterocycles. The fraction of sp³-hybridized carbons (Fsp3) is 0.364. The topological polar surface area (TPSA) is 54.5 Å². The minimum absolute atomic E-state index is 0.0918. The lowest BCUT2D eigenvalue weighted by atomic mass is 9.77. The highest BCUT2D eigenvalue weighted by atomic mass is 32.1. The molecule has 3 aromatic rings. The van der Waals surface area contributed by atoms with Crippen molar-refractivity contribution < 1.29 is 9.53 Å². The van der Waals surface area contributed by atoms with Crippen molar-refractivity contribution >= 4 is 27.5 Å². The van der Waals surface area contributed by atoms with E-state index in [1.165, 1.54) is 5.56 Å². The van der Waals surface area contributed by atoms with E-state index in [4.69, 9.17) is 4.74 Å². The normalized spacial score (nSPS) is 19.2. The summed E-state index contributed by atoms with van der Waals surface area (Å²) in [5, 5.41) is 3.67. The van der Waals surface area contributed by atoms with E-state index in [0.717, 1.165) is 61.4 Å². The molecule has 0 unspecified atom stereocenters. The van der Waals surface area contributed by atoms with Crippen molar-refractivity contribution in [2.45, 2.75) is 25.8 Å². The number of nitrogens with one attached hydrogen (secondary N) is 1. The van der Waals surface area contributed by atoms with E-state index in [-0.39, 0.29) is 11.3 Å². The highest BCUT2D eigenvalue weighted by molar-refractivity contribution is 7.20. The number of nitrogens with zero attached hydrogens (tertiary/aromatic N) is 2. The first-order valence-corrected chi connectivity index (χ1v) is 10.6. The number of piperidine rings is 1. The first kappa shape index (κ1) is 17.6. The van der Waals surface area contributed by atoms with Crippen molar-refractivity contribution in [3.8, 4) is 10.9 Å². The van der Waals surface area contributed by atoms with E-state index in [9.17, 15) is 4.79 Å². The first-order valence-electron chi connectivity index (χ1n) is 9.83. The number of likely N-dealkylation sites (tertiary alicyclic amines) is 1. The number of carbonyl (C=O) groups is 1. The molecule has 144 valence electrons. The molecule has 0 radical (unpaired) electrons. The van der Waals surface area contributed by atoms with Gasteiger partial charge in [0.1, 0.15) is 5.75 Å². The third-order valence-electron chi connectivity index (χ3n) is 5.99. The van der Waals surface area contributed by atoms with Crippen molar-refractivity contribution in [2.75, 3.05) is 19.6 Å². The van der Waals surface area contributed by atoms with E-state index >= 15 is 0 Å². The van der Waals surface area contributed by atoms with Crippen LogP contribution in [0.2, 0.25) is 0 Å². The van der Waals surface area contributed by atoms with Gasteiger partial charge >= 0.3 is 0 Å². The average Bonchev–Trinajstić information content (AvgIpc) is 3.28. The molecule has 0 saturated carbocycles. The Kier molecular flexibility index (Phi) is 4.53. The summed E-state index contributed by atoms with van der Waals surface area (Å²) in [5.74, 6) is 1.08. The summed E-state index contributed by atoms with van der Waals surface area (Å²) in [6.45, 7) is 3.73. The molecule has 6 heteroatoms. The van der Waals surface area contributed by atoms with Crippen molar-refractivity contribution in [3.05, 3.63) is 54.1 Å². The molecule has 2 fully saturated rings. The summed E-state index contributed by atoms with van der Waals surface area (Å²) < 4.78 is 7.07. The summed E-state index contributed by atoms with van der Waals surface area (Å²) in [7, 11) is 0. The lowest BCUT2D eigenvalue weighted by Gasteiger charge is -2.37. The highest BCUT2D eigenvalue weighted by Gasteiger charge is 2.44. The highest BCUT2D eigenvalue weighted by Crippen LogP contribution is 2.38. The molecule has 5 nitrogen and oxygen atoms in total. The molecule has 1 spiro atoms. The van der Waals surface area contributed by atoms with Crippen LogP contribution in [0.25, 0.3) is 10.2 Å². The van der Waals surface area contributed by atoms with Gasteiger partial charge < -0.3 is 10.1 Å². The van der Waals surface area contributed by atoms with Crippen LogP contribution in [0.1, 0.15) is 24.8 Å². The number of thiazole rings is 1. The number of benzene rings is 2. The van der Waals surface area contributed by atoms with Crippen molar-refractivity contribution in [3.63, 3.8) is 0 Å². The summed E-state index contributed by atoms with van der Waals surface area (Å²) in [4.78, 5) is 19.1. The standard InChI is InChI=1S/C22H23N3O2S/c26-20-22(9-12-23-20)10-13-25(14-11-22)15-16-5-7-17(8-6-16)27-21-24-18-3-1-2-4-19(18)28-21/h1-8H,9-15H2,(H,23,26). The minimum Gasteiger partial charge on any atom is -0.431 e. The number of hydrogen-bond acceptors (Lipinski definition) is 5. The zero-order valence-corrected chi connectivity index (χ0v) is 16.5. The van der Waals surface area contributed by atoms with Gasteiger partial charge in [0.25, 0.3) is 5.19 Å². The number of amides is 1. The van der Waals surface area contributed by atoms with Gasteiger partial charge in [0.15, 0.2) is 0 Å². The molecule has 1 N–H and O–H groups in total. The second kappa shape index (κ2) is 7.18. The van der Waals surface area contributed by atoms with Crippen LogP contribution >= 0.6 is 11.3 Å². The first-order chi connectivity index (χ1) is 13.7. The van der Waals surface area contributed by atoms with Crippen LogP contribution in [0.3, 0.4) is 0 Å². The molecule has 1 amide bonds. The number of rotatable bonds is 4. The molecule has 0 bridgehead atoms. The Morgan fingerprint density at radius 3 is 2.57 bits per heavy atom. The maximum Gasteiger partial charge on any atom is 0.279 e. The zero-order valence-electron chi connectivity index (χ0n) is 15.7. The second-order valence-electron chi connectivity index (χ2n) is 7.76. The summed E-state index contributed by atoms with van der Waals surface area (Å²) in [6, 6.07) is 16.3. The van der Waals surface area contributed by atoms with Crippen LogP contribution in [0.15, 0.2) is 48.5 Å². The smallest absolute Gasteiger partial charge is 0.279 e. The summed E-state index contributed by atoms with van der Waals surface area (Å²) in [6.07, 6.45) is 2.94. The van der Waals surface area contributed by atoms with Crippen molar-refractivity contribution in [1.29, 1.82) is 0 Å². The molecule has 2 aliphatic rings. The number of fused-ring (bicyclic) bond motifs is 1. The van der Waals surface area contributed by atoms with Gasteiger partial charge in [-0.15, -0.1) is 0 Å². The Morgan fingerprint density at radius 2 is 1.86 bits per heavy atom. The van der Waals surface area contributed by atoms with E-state index in [1.54, 1.807) is 11.3 Å². The number of ether oxygens (including phenoxy) is 1. The molecule has 3 heterocycles. The van der Waals surface area contributed by atoms with Gasteiger partial charge in [0.2, 0.25) is 5.91 Å². The van der Waals surface area contributed by atoms with Gasteiger partial charge in [0.05, 0.1) is 15.6 Å². The summed E-state index contributed by atoms with van der Waals surface area (Å²) in [5.41, 5.74) is 2.15. The Labute approximate surface area is 168 Å². The molecular weight excluding hydrogens is 370 g/mol. The number of hydrogen-bond donors (Lipinski definition) is 1. The lowest BCUT2D eigenvalue weighted by molar-refractivity contribution is -0.130. The number of aromatic nitrogens is 1. The SMILES string of the molecule is O=C1NCCC12CCN(Cc1ccc(Oc3nc4ccccc4s3)cc1)CC2. The van der Waals surface area contributed by atoms with E-state index < -0.39 is 0 Å². The molecule has 0 aliphatic carbocycles. The van der Waals surface area contributed by atoms with E-state index in [1.807, 2.05) is 30.3 Å². The van der Waals surface area contributed by atoms with Gasteiger partial charge in [-0.3, -0.25) is 9.69 Å². The predicted molar refractivity (Wildman–Crippen MR) is 111 cm³/mol. The molecule has 2 saturated heterocycles. The van der Waals surface area contributed by atoms with Crippen LogP contribution in [0, 0.1) is 5.41 Å². The fourth-order valence-corrected chi connectivity index (χ4v) is 5.08. The van der Waals surface area contributed by atoms with Crippen LogP contribution in [0.5, 0.6) is 10.9 Å². The lowest BCUT2D eigenvalue weighted by Crippen LogP contribution is -2.43. The predicted octanol–water partition coefficient (Wildman–Crippen LogP) is 4.19. The van der Waals surface area contributed by atoms with Gasteiger partial charge in [-0.1, -0.05) is 35.6 Å². The molecular formula is C22H23N3O2S. The Hall–Kier alpha value is -2.44. The number of carbonyl (C=O) groups excluding carboxylic acids is 1. The third kappa shape index (κ3) is 3.38. The zero-order chi connectivity index (χ0) is 19.0. The van der Waals surface area contributed by atoms with Crippen molar-refractivity contribution in [1.82, 2.24) is 15.2 Å². The van der Waals surface area contributed by atoms with E-state index in [0.29, 0.717) is 5.19 Å². The van der Waals surface area contributed by atoms with Gasteiger partial charge in [-0.2, -0.15) is 0 Å². The van der Waals surface area contributed by atoms with Crippen LogP contribution in [0.4, 0.5) is 0 Å². The van der Waals surface area contributed by atoms with Crippen molar-refractivity contribution in [2.24, 2.45) is 5.41 Å². The monoisotopic (exact) mass is 393 g/mol. The van der Waals surface area contributed by atoms with Gasteiger partial charge in [-0.05, 0) is 62.2 Å². The third-order valence-corrected chi connectivity index (χ3v) is 6.91. The Morgan fingerprint density at radius 1 is 1.07 bits per heavy atom. The van der Waals surface area contributed by atoms with Gasteiger partial charge in [-0.25, -0.2) is 4.98 Å². The molecule has 2 aliphatic heterocycles. The molecule has 0 atom stereocenters. The van der Waals surface area contributed by atoms with Crippen LogP contribution in [-0.2, 0) is 11.3 Å². The Bertz CT molecular complexity index is 957. The van der Waals surface area contributed by atoms with Crippen LogP contribution < -0.4 is 10.1 Å². The maximum absolute atomic E-state index is 12.1. The molecule has 2 aromatic carbocycles.